The Hall–Kier alpha value is -2.97. The average molecular weight is 486 g/mol. The number of carbonyl (C=O) groups excluding carboxylic acids is 1. The molecule has 0 radical (unpaired) electrons. The SMILES string of the molecule is CS(=O)(=O)N(Cc1ccc(C(=O)N/N=C\c2cccc(Br)c2)cc1)c1ccccc1. The second kappa shape index (κ2) is 9.69. The van der Waals surface area contributed by atoms with Gasteiger partial charge in [-0.3, -0.25) is 9.10 Å². The van der Waals surface area contributed by atoms with Gasteiger partial charge in [0.1, 0.15) is 0 Å². The fraction of sp³-hybridized carbons (Fsp3) is 0.0909. The topological polar surface area (TPSA) is 78.8 Å². The fourth-order valence-electron chi connectivity index (χ4n) is 2.74. The van der Waals surface area contributed by atoms with Crippen molar-refractivity contribution in [3.05, 3.63) is 100 Å². The van der Waals surface area contributed by atoms with Crippen molar-refractivity contribution in [3.8, 4) is 0 Å². The van der Waals surface area contributed by atoms with E-state index in [0.29, 0.717) is 11.3 Å². The Labute approximate surface area is 184 Å². The van der Waals surface area contributed by atoms with Crippen LogP contribution in [0.1, 0.15) is 21.5 Å². The molecule has 0 heterocycles. The van der Waals surface area contributed by atoms with E-state index < -0.39 is 10.0 Å². The lowest BCUT2D eigenvalue weighted by Crippen LogP contribution is -2.29. The summed E-state index contributed by atoms with van der Waals surface area (Å²) in [7, 11) is -3.45. The maximum atomic E-state index is 12.3. The van der Waals surface area contributed by atoms with Gasteiger partial charge in [-0.25, -0.2) is 13.8 Å². The number of amides is 1. The minimum absolute atomic E-state index is 0.172. The van der Waals surface area contributed by atoms with E-state index >= 15 is 0 Å². The largest absolute Gasteiger partial charge is 0.271 e. The van der Waals surface area contributed by atoms with Gasteiger partial charge in [0.25, 0.3) is 5.91 Å². The first kappa shape index (κ1) is 21.7. The van der Waals surface area contributed by atoms with Crippen molar-refractivity contribution in [1.29, 1.82) is 0 Å². The predicted octanol–water partition coefficient (Wildman–Crippen LogP) is 4.18. The summed E-state index contributed by atoms with van der Waals surface area (Å²) in [4.78, 5) is 12.3. The molecule has 0 spiro atoms. The molecule has 0 saturated carbocycles. The number of sulfonamides is 1. The van der Waals surface area contributed by atoms with E-state index in [1.165, 1.54) is 10.6 Å². The Morgan fingerprint density at radius 1 is 1.03 bits per heavy atom. The first-order valence-corrected chi connectivity index (χ1v) is 11.7. The Bertz CT molecular complexity index is 1150. The molecular weight excluding hydrogens is 466 g/mol. The van der Waals surface area contributed by atoms with Crippen LogP contribution in [0.2, 0.25) is 0 Å². The fourth-order valence-corrected chi connectivity index (χ4v) is 4.04. The highest BCUT2D eigenvalue weighted by molar-refractivity contribution is 9.10. The summed E-state index contributed by atoms with van der Waals surface area (Å²) in [6.45, 7) is 0.172. The molecule has 0 aliphatic rings. The van der Waals surface area contributed by atoms with E-state index in [1.807, 2.05) is 30.3 Å². The van der Waals surface area contributed by atoms with Crippen molar-refractivity contribution < 1.29 is 13.2 Å². The maximum absolute atomic E-state index is 12.3. The van der Waals surface area contributed by atoms with Crippen LogP contribution in [0.3, 0.4) is 0 Å². The van der Waals surface area contributed by atoms with Crippen LogP contribution in [-0.4, -0.2) is 26.8 Å². The van der Waals surface area contributed by atoms with Gasteiger partial charge in [-0.15, -0.1) is 0 Å². The molecule has 0 unspecified atom stereocenters. The van der Waals surface area contributed by atoms with Gasteiger partial charge >= 0.3 is 0 Å². The van der Waals surface area contributed by atoms with Crippen LogP contribution in [-0.2, 0) is 16.6 Å². The number of halogens is 1. The Kier molecular flexibility index (Phi) is 7.02. The van der Waals surface area contributed by atoms with E-state index in [1.54, 1.807) is 54.7 Å². The minimum Gasteiger partial charge on any atom is -0.267 e. The smallest absolute Gasteiger partial charge is 0.267 e. The van der Waals surface area contributed by atoms with E-state index in [2.05, 4.69) is 26.5 Å². The number of rotatable bonds is 7. The molecule has 3 rings (SSSR count). The third-order valence-corrected chi connectivity index (χ3v) is 5.85. The van der Waals surface area contributed by atoms with Crippen molar-refractivity contribution in [3.63, 3.8) is 0 Å². The third-order valence-electron chi connectivity index (χ3n) is 4.22. The molecule has 1 amide bonds. The number of carbonyl (C=O) groups is 1. The molecule has 3 aromatic rings. The molecular formula is C22H20BrN3O3S. The van der Waals surface area contributed by atoms with Gasteiger partial charge in [0.2, 0.25) is 10.0 Å². The molecule has 1 N–H and O–H groups in total. The van der Waals surface area contributed by atoms with Crippen LogP contribution < -0.4 is 9.73 Å². The summed E-state index contributed by atoms with van der Waals surface area (Å²) >= 11 is 3.38. The molecule has 8 heteroatoms. The van der Waals surface area contributed by atoms with Crippen LogP contribution in [0.4, 0.5) is 5.69 Å². The lowest BCUT2D eigenvalue weighted by molar-refractivity contribution is 0.0955. The summed E-state index contributed by atoms with van der Waals surface area (Å²) in [6, 6.07) is 23.2. The molecule has 0 aromatic heterocycles. The van der Waals surface area contributed by atoms with E-state index in [-0.39, 0.29) is 12.5 Å². The quantitative estimate of drug-likeness (QED) is 0.402. The van der Waals surface area contributed by atoms with Crippen molar-refractivity contribution in [2.24, 2.45) is 5.10 Å². The molecule has 154 valence electrons. The molecule has 0 aliphatic heterocycles. The molecule has 0 fully saturated rings. The molecule has 0 aliphatic carbocycles. The van der Waals surface area contributed by atoms with Crippen molar-refractivity contribution in [2.45, 2.75) is 6.54 Å². The number of hydrazone groups is 1. The molecule has 0 atom stereocenters. The Morgan fingerprint density at radius 2 is 1.73 bits per heavy atom. The third kappa shape index (κ3) is 6.01. The number of benzene rings is 3. The average Bonchev–Trinajstić information content (AvgIpc) is 2.72. The van der Waals surface area contributed by atoms with E-state index in [9.17, 15) is 13.2 Å². The summed E-state index contributed by atoms with van der Waals surface area (Å²) in [5.41, 5.74) is 5.11. The summed E-state index contributed by atoms with van der Waals surface area (Å²) < 4.78 is 26.7. The first-order chi connectivity index (χ1) is 14.3. The van der Waals surface area contributed by atoms with Crippen molar-refractivity contribution >= 4 is 43.8 Å². The molecule has 3 aromatic carbocycles. The second-order valence-electron chi connectivity index (χ2n) is 6.56. The minimum atomic E-state index is -3.45. The van der Waals surface area contributed by atoms with E-state index in [0.717, 1.165) is 15.6 Å². The molecule has 6 nitrogen and oxygen atoms in total. The number of hydrogen-bond acceptors (Lipinski definition) is 4. The predicted molar refractivity (Wildman–Crippen MR) is 123 cm³/mol. The molecule has 0 bridgehead atoms. The monoisotopic (exact) mass is 485 g/mol. The van der Waals surface area contributed by atoms with Crippen LogP contribution in [0.15, 0.2) is 88.4 Å². The lowest BCUT2D eigenvalue weighted by atomic mass is 10.1. The van der Waals surface area contributed by atoms with Gasteiger partial charge in [-0.05, 0) is 47.5 Å². The van der Waals surface area contributed by atoms with Gasteiger partial charge in [-0.1, -0.05) is 58.4 Å². The number of para-hydroxylation sites is 1. The standard InChI is InChI=1S/C22H20BrN3O3S/c1-30(28,29)26(21-8-3-2-4-9-21)16-17-10-12-19(13-11-17)22(27)25-24-15-18-6-5-7-20(23)14-18/h2-15H,16H2,1H3,(H,25,27)/b24-15-. The zero-order valence-electron chi connectivity index (χ0n) is 16.2. The van der Waals surface area contributed by atoms with Crippen molar-refractivity contribution in [2.75, 3.05) is 10.6 Å². The van der Waals surface area contributed by atoms with E-state index in [4.69, 9.17) is 0 Å². The highest BCUT2D eigenvalue weighted by Crippen LogP contribution is 2.20. The van der Waals surface area contributed by atoms with Crippen LogP contribution in [0.5, 0.6) is 0 Å². The summed E-state index contributed by atoms with van der Waals surface area (Å²) in [6.07, 6.45) is 2.73. The van der Waals surface area contributed by atoms with Crippen LogP contribution in [0.25, 0.3) is 0 Å². The number of anilines is 1. The molecule has 0 saturated heterocycles. The highest BCUT2D eigenvalue weighted by atomic mass is 79.9. The summed E-state index contributed by atoms with van der Waals surface area (Å²) in [5, 5.41) is 3.97. The van der Waals surface area contributed by atoms with Gasteiger partial charge in [0, 0.05) is 10.0 Å². The van der Waals surface area contributed by atoms with Crippen LogP contribution in [0, 0.1) is 0 Å². The van der Waals surface area contributed by atoms with Crippen molar-refractivity contribution in [1.82, 2.24) is 5.43 Å². The van der Waals surface area contributed by atoms with Gasteiger partial charge in [-0.2, -0.15) is 5.10 Å². The number of hydrogen-bond donors (Lipinski definition) is 1. The Balaban J connectivity index is 1.67. The Morgan fingerprint density at radius 3 is 2.37 bits per heavy atom. The maximum Gasteiger partial charge on any atom is 0.271 e. The first-order valence-electron chi connectivity index (χ1n) is 9.03. The molecule has 30 heavy (non-hydrogen) atoms. The van der Waals surface area contributed by atoms with Gasteiger partial charge < -0.3 is 0 Å². The zero-order chi connectivity index (χ0) is 21.6. The second-order valence-corrected chi connectivity index (χ2v) is 9.38. The van der Waals surface area contributed by atoms with Gasteiger partial charge in [0.05, 0.1) is 24.7 Å². The lowest BCUT2D eigenvalue weighted by Gasteiger charge is -2.22. The highest BCUT2D eigenvalue weighted by Gasteiger charge is 2.17. The zero-order valence-corrected chi connectivity index (χ0v) is 18.6. The summed E-state index contributed by atoms with van der Waals surface area (Å²) in [5.74, 6) is -0.351. The number of nitrogens with zero attached hydrogens (tertiary/aromatic N) is 2. The van der Waals surface area contributed by atoms with Crippen LogP contribution >= 0.6 is 15.9 Å². The van der Waals surface area contributed by atoms with Gasteiger partial charge in [0.15, 0.2) is 0 Å². The number of nitrogens with one attached hydrogen (secondary N) is 1. The normalized spacial score (nSPS) is 11.4.